The second-order valence-electron chi connectivity index (χ2n) is 6.86. The number of rotatable bonds is 7. The molecule has 0 unspecified atom stereocenters. The van der Waals surface area contributed by atoms with Crippen LogP contribution in [0.1, 0.15) is 5.56 Å². The Morgan fingerprint density at radius 3 is 2.48 bits per heavy atom. The summed E-state index contributed by atoms with van der Waals surface area (Å²) in [6, 6.07) is 20.1. The summed E-state index contributed by atoms with van der Waals surface area (Å²) in [4.78, 5) is 29.0. The molecule has 0 radical (unpaired) electrons. The lowest BCUT2D eigenvalue weighted by atomic mass is 10.2. The number of fused-ring (bicyclic) bond motifs is 1. The van der Waals surface area contributed by atoms with Crippen molar-refractivity contribution in [3.8, 4) is 0 Å². The molecule has 0 aliphatic carbocycles. The van der Waals surface area contributed by atoms with Gasteiger partial charge in [-0.25, -0.2) is 4.98 Å². The molecule has 3 aromatic carbocycles. The van der Waals surface area contributed by atoms with Gasteiger partial charge < -0.3 is 10.6 Å². The number of benzene rings is 3. The summed E-state index contributed by atoms with van der Waals surface area (Å²) < 4.78 is 1.69. The van der Waals surface area contributed by atoms with E-state index in [0.29, 0.717) is 21.4 Å². The maximum Gasteiger partial charge on any atom is 0.248 e. The monoisotopic (exact) mass is 513 g/mol. The standard InChI is InChI=1S/C24H17Cl2N3O2S2/c25-18-9-7-16(12-19(18)26)28-23(31)14-32-24-29-20-10-8-17(13-21(20)33-24)27-22(30)11-6-15-4-2-1-3-5-15/h1-13H,14H2,(H,27,30)(H,28,31)/b11-6+. The van der Waals surface area contributed by atoms with Crippen LogP contribution < -0.4 is 10.6 Å². The van der Waals surface area contributed by atoms with Crippen LogP contribution >= 0.6 is 46.3 Å². The summed E-state index contributed by atoms with van der Waals surface area (Å²) in [7, 11) is 0. The van der Waals surface area contributed by atoms with E-state index in [1.807, 2.05) is 48.5 Å². The molecule has 1 aromatic heterocycles. The first-order valence-corrected chi connectivity index (χ1v) is 12.3. The van der Waals surface area contributed by atoms with Gasteiger partial charge in [-0.1, -0.05) is 65.3 Å². The third-order valence-electron chi connectivity index (χ3n) is 4.39. The fourth-order valence-electron chi connectivity index (χ4n) is 2.86. The van der Waals surface area contributed by atoms with Crippen molar-refractivity contribution >= 4 is 85.8 Å². The molecule has 166 valence electrons. The molecule has 9 heteroatoms. The number of nitrogens with one attached hydrogen (secondary N) is 2. The largest absolute Gasteiger partial charge is 0.325 e. The number of nitrogens with zero attached hydrogens (tertiary/aromatic N) is 1. The topological polar surface area (TPSA) is 71.1 Å². The summed E-state index contributed by atoms with van der Waals surface area (Å²) in [6.07, 6.45) is 3.26. The van der Waals surface area contributed by atoms with Crippen molar-refractivity contribution in [2.24, 2.45) is 0 Å². The van der Waals surface area contributed by atoms with E-state index in [0.717, 1.165) is 20.1 Å². The summed E-state index contributed by atoms with van der Waals surface area (Å²) in [5.41, 5.74) is 3.03. The van der Waals surface area contributed by atoms with Crippen molar-refractivity contribution in [3.05, 3.63) is 88.4 Å². The molecule has 0 spiro atoms. The minimum Gasteiger partial charge on any atom is -0.325 e. The van der Waals surface area contributed by atoms with Crippen molar-refractivity contribution in [3.63, 3.8) is 0 Å². The summed E-state index contributed by atoms with van der Waals surface area (Å²) in [6.45, 7) is 0. The van der Waals surface area contributed by atoms with Crippen molar-refractivity contribution in [2.45, 2.75) is 4.34 Å². The zero-order valence-electron chi connectivity index (χ0n) is 17.0. The number of halogens is 2. The van der Waals surface area contributed by atoms with Crippen molar-refractivity contribution in [1.29, 1.82) is 0 Å². The average Bonchev–Trinajstić information content (AvgIpc) is 3.22. The minimum absolute atomic E-state index is 0.171. The molecule has 0 atom stereocenters. The minimum atomic E-state index is -0.212. The molecule has 1 heterocycles. The highest BCUT2D eigenvalue weighted by Gasteiger charge is 2.10. The van der Waals surface area contributed by atoms with Crippen LogP contribution in [0.5, 0.6) is 0 Å². The Morgan fingerprint density at radius 2 is 1.70 bits per heavy atom. The molecule has 33 heavy (non-hydrogen) atoms. The van der Waals surface area contributed by atoms with Gasteiger partial charge in [0.25, 0.3) is 0 Å². The van der Waals surface area contributed by atoms with Gasteiger partial charge in [0.2, 0.25) is 11.8 Å². The smallest absolute Gasteiger partial charge is 0.248 e. The molecule has 0 saturated heterocycles. The molecule has 0 saturated carbocycles. The molecule has 2 N–H and O–H groups in total. The summed E-state index contributed by atoms with van der Waals surface area (Å²) in [5.74, 6) is -0.180. The molecule has 4 aromatic rings. The van der Waals surface area contributed by atoms with E-state index in [1.165, 1.54) is 29.2 Å². The van der Waals surface area contributed by atoms with Crippen LogP contribution in [0.25, 0.3) is 16.3 Å². The highest BCUT2D eigenvalue weighted by molar-refractivity contribution is 8.01. The third-order valence-corrected chi connectivity index (χ3v) is 7.29. The third kappa shape index (κ3) is 6.58. The van der Waals surface area contributed by atoms with Gasteiger partial charge in [-0.3, -0.25) is 9.59 Å². The maximum absolute atomic E-state index is 12.3. The van der Waals surface area contributed by atoms with E-state index in [9.17, 15) is 9.59 Å². The Morgan fingerprint density at radius 1 is 0.939 bits per heavy atom. The number of carbonyl (C=O) groups is 2. The first-order valence-electron chi connectivity index (χ1n) is 9.79. The normalized spacial score (nSPS) is 11.1. The first kappa shape index (κ1) is 23.3. The fraction of sp³-hybridized carbons (Fsp3) is 0.0417. The lowest BCUT2D eigenvalue weighted by molar-refractivity contribution is -0.114. The SMILES string of the molecule is O=C(/C=C/c1ccccc1)Nc1ccc2nc(SCC(=O)Nc3ccc(Cl)c(Cl)c3)sc2c1. The maximum atomic E-state index is 12.3. The van der Waals surface area contributed by atoms with Gasteiger partial charge in [0.15, 0.2) is 4.34 Å². The van der Waals surface area contributed by atoms with Crippen molar-refractivity contribution in [1.82, 2.24) is 4.98 Å². The van der Waals surface area contributed by atoms with Crippen LogP contribution in [0.15, 0.2) is 77.1 Å². The number of anilines is 2. The number of carbonyl (C=O) groups excluding carboxylic acids is 2. The zero-order chi connectivity index (χ0) is 23.2. The van der Waals surface area contributed by atoms with Crippen LogP contribution in [-0.2, 0) is 9.59 Å². The number of thiazole rings is 1. The van der Waals surface area contributed by atoms with Gasteiger partial charge in [-0.15, -0.1) is 11.3 Å². The van der Waals surface area contributed by atoms with Gasteiger partial charge in [0.05, 0.1) is 26.0 Å². The van der Waals surface area contributed by atoms with E-state index >= 15 is 0 Å². The summed E-state index contributed by atoms with van der Waals surface area (Å²) in [5, 5.41) is 6.46. The van der Waals surface area contributed by atoms with E-state index in [4.69, 9.17) is 23.2 Å². The molecular weight excluding hydrogens is 497 g/mol. The van der Waals surface area contributed by atoms with Gasteiger partial charge in [-0.2, -0.15) is 0 Å². The molecule has 0 bridgehead atoms. The lowest BCUT2D eigenvalue weighted by Crippen LogP contribution is -2.13. The molecule has 2 amide bonds. The second-order valence-corrected chi connectivity index (χ2v) is 9.93. The van der Waals surface area contributed by atoms with Gasteiger partial charge >= 0.3 is 0 Å². The van der Waals surface area contributed by atoms with Crippen LogP contribution in [-0.4, -0.2) is 22.6 Å². The zero-order valence-corrected chi connectivity index (χ0v) is 20.2. The first-order chi connectivity index (χ1) is 16.0. The number of thioether (sulfide) groups is 1. The van der Waals surface area contributed by atoms with E-state index < -0.39 is 0 Å². The Bertz CT molecular complexity index is 1340. The molecule has 4 rings (SSSR count). The van der Waals surface area contributed by atoms with Crippen LogP contribution in [0.4, 0.5) is 11.4 Å². The number of amides is 2. The van der Waals surface area contributed by atoms with Gasteiger partial charge in [0.1, 0.15) is 0 Å². The Balaban J connectivity index is 1.34. The van der Waals surface area contributed by atoms with E-state index in [1.54, 1.807) is 24.3 Å². The quantitative estimate of drug-likeness (QED) is 0.206. The van der Waals surface area contributed by atoms with Crippen LogP contribution in [0, 0.1) is 0 Å². The fourth-order valence-corrected chi connectivity index (χ4v) is 5.07. The Hall–Kier alpha value is -2.84. The molecule has 0 aliphatic heterocycles. The van der Waals surface area contributed by atoms with Crippen LogP contribution in [0.2, 0.25) is 10.0 Å². The molecular formula is C24H17Cl2N3O2S2. The second kappa shape index (κ2) is 10.9. The number of hydrogen-bond donors (Lipinski definition) is 2. The molecule has 0 fully saturated rings. The predicted molar refractivity (Wildman–Crippen MR) is 140 cm³/mol. The molecule has 5 nitrogen and oxygen atoms in total. The number of aromatic nitrogens is 1. The van der Waals surface area contributed by atoms with E-state index in [2.05, 4.69) is 15.6 Å². The van der Waals surface area contributed by atoms with Gasteiger partial charge in [0, 0.05) is 17.5 Å². The lowest BCUT2D eigenvalue weighted by Gasteiger charge is -2.05. The highest BCUT2D eigenvalue weighted by Crippen LogP contribution is 2.31. The Kier molecular flexibility index (Phi) is 7.67. The van der Waals surface area contributed by atoms with Crippen molar-refractivity contribution < 1.29 is 9.59 Å². The molecule has 0 aliphatic rings. The van der Waals surface area contributed by atoms with Gasteiger partial charge in [-0.05, 0) is 48.0 Å². The summed E-state index contributed by atoms with van der Waals surface area (Å²) >= 11 is 14.7. The van der Waals surface area contributed by atoms with Crippen molar-refractivity contribution in [2.75, 3.05) is 16.4 Å². The number of hydrogen-bond acceptors (Lipinski definition) is 5. The van der Waals surface area contributed by atoms with E-state index in [-0.39, 0.29) is 17.6 Å². The average molecular weight is 514 g/mol. The van der Waals surface area contributed by atoms with Crippen LogP contribution in [0.3, 0.4) is 0 Å². The highest BCUT2D eigenvalue weighted by atomic mass is 35.5. The Labute approximate surface area is 208 Å². The predicted octanol–water partition coefficient (Wildman–Crippen LogP) is 6.99.